The highest BCUT2D eigenvalue weighted by Crippen LogP contribution is 2.34. The SMILES string of the molecule is CN(C)C[C@@H](Nc1ncnc2c(C(=O)O)ccnc12)c1ccc(F)c(C(F)(F)F)c1. The number of rotatable bonds is 6. The second-order valence-electron chi connectivity index (χ2n) is 6.78. The molecule has 3 rings (SSSR count). The minimum atomic E-state index is -4.84. The quantitative estimate of drug-likeness (QED) is 0.586. The fourth-order valence-electron chi connectivity index (χ4n) is 2.98. The summed E-state index contributed by atoms with van der Waals surface area (Å²) in [4.78, 5) is 25.3. The Hall–Kier alpha value is -3.34. The molecule has 0 amide bonds. The third-order valence-electron chi connectivity index (χ3n) is 4.31. The molecule has 2 N–H and O–H groups in total. The Labute approximate surface area is 168 Å². The summed E-state index contributed by atoms with van der Waals surface area (Å²) in [6.07, 6.45) is -2.43. The van der Waals surface area contributed by atoms with E-state index in [0.29, 0.717) is 0 Å². The molecule has 0 unspecified atom stereocenters. The van der Waals surface area contributed by atoms with Gasteiger partial charge in [-0.3, -0.25) is 4.98 Å². The first-order valence-electron chi connectivity index (χ1n) is 8.69. The van der Waals surface area contributed by atoms with Crippen LogP contribution in [0.25, 0.3) is 11.0 Å². The van der Waals surface area contributed by atoms with Crippen molar-refractivity contribution in [3.8, 4) is 0 Å². The summed E-state index contributed by atoms with van der Waals surface area (Å²) in [5.74, 6) is -2.42. The predicted molar refractivity (Wildman–Crippen MR) is 101 cm³/mol. The second-order valence-corrected chi connectivity index (χ2v) is 6.78. The van der Waals surface area contributed by atoms with Crippen LogP contribution >= 0.6 is 0 Å². The highest BCUT2D eigenvalue weighted by atomic mass is 19.4. The summed E-state index contributed by atoms with van der Waals surface area (Å²) >= 11 is 0. The Morgan fingerprint density at radius 3 is 2.53 bits per heavy atom. The zero-order valence-electron chi connectivity index (χ0n) is 15.9. The number of halogens is 4. The van der Waals surface area contributed by atoms with E-state index >= 15 is 0 Å². The van der Waals surface area contributed by atoms with Crippen LogP contribution in [0.3, 0.4) is 0 Å². The Morgan fingerprint density at radius 2 is 1.90 bits per heavy atom. The number of anilines is 1. The van der Waals surface area contributed by atoms with Gasteiger partial charge in [-0.2, -0.15) is 13.2 Å². The van der Waals surface area contributed by atoms with E-state index in [1.807, 2.05) is 0 Å². The lowest BCUT2D eigenvalue weighted by Gasteiger charge is -2.24. The summed E-state index contributed by atoms with van der Waals surface area (Å²) in [5, 5.41) is 12.3. The highest BCUT2D eigenvalue weighted by Gasteiger charge is 2.35. The molecule has 0 bridgehead atoms. The summed E-state index contributed by atoms with van der Waals surface area (Å²) in [7, 11) is 3.45. The number of aromatic nitrogens is 3. The number of fused-ring (bicyclic) bond motifs is 1. The van der Waals surface area contributed by atoms with Gasteiger partial charge >= 0.3 is 12.1 Å². The van der Waals surface area contributed by atoms with E-state index in [-0.39, 0.29) is 34.5 Å². The highest BCUT2D eigenvalue weighted by molar-refractivity contribution is 6.02. The molecule has 0 aliphatic heterocycles. The summed E-state index contributed by atoms with van der Waals surface area (Å²) in [5.41, 5.74) is -1.04. The van der Waals surface area contributed by atoms with Gasteiger partial charge in [-0.15, -0.1) is 0 Å². The van der Waals surface area contributed by atoms with E-state index in [2.05, 4.69) is 20.3 Å². The Kier molecular flexibility index (Phi) is 5.83. The van der Waals surface area contributed by atoms with Gasteiger partial charge in [0, 0.05) is 12.7 Å². The molecule has 0 aliphatic rings. The average molecular weight is 423 g/mol. The van der Waals surface area contributed by atoms with E-state index in [9.17, 15) is 27.5 Å². The molecule has 2 aromatic heterocycles. The van der Waals surface area contributed by atoms with Gasteiger partial charge in [0.05, 0.1) is 17.2 Å². The second kappa shape index (κ2) is 8.19. The van der Waals surface area contributed by atoms with Gasteiger partial charge in [0.1, 0.15) is 23.2 Å². The van der Waals surface area contributed by atoms with Gasteiger partial charge < -0.3 is 15.3 Å². The lowest BCUT2D eigenvalue weighted by Crippen LogP contribution is -2.26. The average Bonchev–Trinajstić information content (AvgIpc) is 2.66. The molecule has 11 heteroatoms. The van der Waals surface area contributed by atoms with Gasteiger partial charge in [-0.1, -0.05) is 6.07 Å². The van der Waals surface area contributed by atoms with Crippen LogP contribution in [-0.4, -0.2) is 51.6 Å². The molecule has 0 saturated heterocycles. The Balaban J connectivity index is 2.07. The number of nitrogens with zero attached hydrogens (tertiary/aromatic N) is 4. The van der Waals surface area contributed by atoms with Crippen LogP contribution in [0.15, 0.2) is 36.8 Å². The third kappa shape index (κ3) is 4.46. The molecule has 0 aliphatic carbocycles. The maximum absolute atomic E-state index is 13.7. The van der Waals surface area contributed by atoms with Crippen molar-refractivity contribution >= 4 is 22.8 Å². The van der Waals surface area contributed by atoms with E-state index in [1.165, 1.54) is 18.3 Å². The maximum Gasteiger partial charge on any atom is 0.419 e. The molecule has 0 radical (unpaired) electrons. The minimum Gasteiger partial charge on any atom is -0.478 e. The van der Waals surface area contributed by atoms with Gasteiger partial charge in [-0.25, -0.2) is 19.2 Å². The van der Waals surface area contributed by atoms with E-state index in [1.54, 1.807) is 19.0 Å². The lowest BCUT2D eigenvalue weighted by molar-refractivity contribution is -0.140. The monoisotopic (exact) mass is 423 g/mol. The van der Waals surface area contributed by atoms with Crippen LogP contribution in [0.1, 0.15) is 27.5 Å². The molecule has 30 heavy (non-hydrogen) atoms. The van der Waals surface area contributed by atoms with Crippen LogP contribution < -0.4 is 5.32 Å². The number of likely N-dealkylation sites (N-methyl/N-ethyl adjacent to an activating group) is 1. The summed E-state index contributed by atoms with van der Waals surface area (Å²) in [6, 6.07) is 3.33. The first-order chi connectivity index (χ1) is 14.1. The van der Waals surface area contributed by atoms with E-state index in [4.69, 9.17) is 0 Å². The number of carboxylic acid groups (broad SMARTS) is 1. The number of hydrogen-bond donors (Lipinski definition) is 2. The van der Waals surface area contributed by atoms with Crippen molar-refractivity contribution in [1.29, 1.82) is 0 Å². The van der Waals surface area contributed by atoms with Crippen LogP contribution in [0.4, 0.5) is 23.4 Å². The fourth-order valence-corrected chi connectivity index (χ4v) is 2.98. The number of nitrogens with one attached hydrogen (secondary N) is 1. The van der Waals surface area contributed by atoms with Crippen molar-refractivity contribution in [2.24, 2.45) is 0 Å². The number of carboxylic acids is 1. The van der Waals surface area contributed by atoms with Crippen molar-refractivity contribution < 1.29 is 27.5 Å². The molecule has 1 atom stereocenters. The zero-order valence-corrected chi connectivity index (χ0v) is 15.9. The van der Waals surface area contributed by atoms with E-state index in [0.717, 1.165) is 18.5 Å². The predicted octanol–water partition coefficient (Wildman–Crippen LogP) is 3.60. The van der Waals surface area contributed by atoms with Gasteiger partial charge in [0.25, 0.3) is 0 Å². The molecular formula is C19H17F4N5O2. The largest absolute Gasteiger partial charge is 0.478 e. The van der Waals surface area contributed by atoms with Crippen molar-refractivity contribution in [1.82, 2.24) is 19.9 Å². The topological polar surface area (TPSA) is 91.2 Å². The third-order valence-corrected chi connectivity index (χ3v) is 4.31. The molecule has 1 aromatic carbocycles. The maximum atomic E-state index is 13.7. The number of aromatic carboxylic acids is 1. The summed E-state index contributed by atoms with van der Waals surface area (Å²) in [6.45, 7) is 0.243. The van der Waals surface area contributed by atoms with E-state index < -0.39 is 29.6 Å². The van der Waals surface area contributed by atoms with Crippen molar-refractivity contribution in [3.05, 3.63) is 59.3 Å². The zero-order chi connectivity index (χ0) is 22.1. The van der Waals surface area contributed by atoms with Gasteiger partial charge in [-0.05, 0) is 37.9 Å². The number of hydrogen-bond acceptors (Lipinski definition) is 6. The number of benzene rings is 1. The molecular weight excluding hydrogens is 406 g/mol. The molecule has 0 fully saturated rings. The molecule has 2 heterocycles. The molecule has 0 saturated carbocycles. The molecule has 158 valence electrons. The Morgan fingerprint density at radius 1 is 1.17 bits per heavy atom. The number of pyridine rings is 1. The van der Waals surface area contributed by atoms with Crippen LogP contribution in [0.2, 0.25) is 0 Å². The Bertz CT molecular complexity index is 1090. The molecule has 7 nitrogen and oxygen atoms in total. The van der Waals surface area contributed by atoms with Crippen LogP contribution in [0, 0.1) is 5.82 Å². The normalized spacial score (nSPS) is 12.9. The standard InChI is InChI=1S/C19H17F4N5O2/c1-28(2)8-14(10-3-4-13(20)12(7-10)19(21,22)23)27-17-16-15(25-9-26-17)11(18(29)30)5-6-24-16/h3-7,9,14H,8H2,1-2H3,(H,29,30)(H,25,26,27)/t14-/m1/s1. The first kappa shape index (κ1) is 21.4. The number of alkyl halides is 3. The van der Waals surface area contributed by atoms with Crippen molar-refractivity contribution in [3.63, 3.8) is 0 Å². The van der Waals surface area contributed by atoms with Crippen molar-refractivity contribution in [2.45, 2.75) is 12.2 Å². The molecule has 0 spiro atoms. The number of carbonyl (C=O) groups is 1. The fraction of sp³-hybridized carbons (Fsp3) is 0.263. The smallest absolute Gasteiger partial charge is 0.419 e. The van der Waals surface area contributed by atoms with Crippen LogP contribution in [0.5, 0.6) is 0 Å². The van der Waals surface area contributed by atoms with Gasteiger partial charge in [0.2, 0.25) is 0 Å². The first-order valence-corrected chi connectivity index (χ1v) is 8.69. The van der Waals surface area contributed by atoms with Gasteiger partial charge in [0.15, 0.2) is 5.82 Å². The molecule has 3 aromatic rings. The summed E-state index contributed by atoms with van der Waals surface area (Å²) < 4.78 is 53.2. The lowest BCUT2D eigenvalue weighted by atomic mass is 10.0. The van der Waals surface area contributed by atoms with Crippen molar-refractivity contribution in [2.75, 3.05) is 26.0 Å². The van der Waals surface area contributed by atoms with Crippen LogP contribution in [-0.2, 0) is 6.18 Å². The minimum absolute atomic E-state index is 0.0844.